The zero-order valence-electron chi connectivity index (χ0n) is 16.6. The molecule has 0 aromatic carbocycles. The van der Waals surface area contributed by atoms with E-state index in [1.165, 1.54) is 0 Å². The van der Waals surface area contributed by atoms with E-state index in [-0.39, 0.29) is 18.1 Å². The van der Waals surface area contributed by atoms with Crippen LogP contribution in [0.3, 0.4) is 0 Å². The lowest BCUT2D eigenvalue weighted by Crippen LogP contribution is -2.28. The summed E-state index contributed by atoms with van der Waals surface area (Å²) in [4.78, 5) is 30.0. The van der Waals surface area contributed by atoms with Gasteiger partial charge in [-0.3, -0.25) is 14.0 Å². The fourth-order valence-corrected chi connectivity index (χ4v) is 2.96. The van der Waals surface area contributed by atoms with Gasteiger partial charge in [0.05, 0.1) is 24.3 Å². The van der Waals surface area contributed by atoms with Gasteiger partial charge in [-0.15, -0.1) is 0 Å². The van der Waals surface area contributed by atoms with Crippen LogP contribution >= 0.6 is 0 Å². The highest BCUT2D eigenvalue weighted by Gasteiger charge is 2.38. The molecule has 0 bridgehead atoms. The van der Waals surface area contributed by atoms with Gasteiger partial charge in [0.1, 0.15) is 17.2 Å². The topological polar surface area (TPSA) is 154 Å². The molecule has 1 aromatic rings. The van der Waals surface area contributed by atoms with Crippen molar-refractivity contribution in [1.82, 2.24) is 9.55 Å². The molecule has 0 fully saturated rings. The van der Waals surface area contributed by atoms with Gasteiger partial charge in [-0.05, 0) is 20.3 Å². The largest absolute Gasteiger partial charge is 0.490 e. The molecule has 0 radical (unpaired) electrons. The van der Waals surface area contributed by atoms with E-state index in [1.807, 2.05) is 0 Å². The summed E-state index contributed by atoms with van der Waals surface area (Å²) in [6.07, 6.45) is -3.66. The van der Waals surface area contributed by atoms with Crippen molar-refractivity contribution >= 4 is 27.6 Å². The number of aliphatic imine (C=N–C) groups is 1. The Balaban J connectivity index is 0.000000553. The third-order valence-electron chi connectivity index (χ3n) is 3.89. The Morgan fingerprint density at radius 2 is 1.87 bits per heavy atom. The summed E-state index contributed by atoms with van der Waals surface area (Å²) in [7, 11) is -1.85. The smallest absolute Gasteiger partial charge is 0.475 e. The first-order chi connectivity index (χ1) is 13.6. The van der Waals surface area contributed by atoms with Crippen molar-refractivity contribution in [1.29, 1.82) is 0 Å². The maximum absolute atomic E-state index is 12.5. The highest BCUT2D eigenvalue weighted by molar-refractivity contribution is 7.85. The Hall–Kier alpha value is -2.74. The molecule has 0 unspecified atom stereocenters. The van der Waals surface area contributed by atoms with E-state index >= 15 is 0 Å². The lowest BCUT2D eigenvalue weighted by atomic mass is 9.95. The molecule has 0 aliphatic heterocycles. The number of carboxylic acid groups (broad SMARTS) is 1. The number of alkyl halides is 3. The minimum Gasteiger partial charge on any atom is -0.475 e. The third kappa shape index (κ3) is 6.13. The maximum atomic E-state index is 12.5. The molecule has 2 rings (SSSR count). The molecular weight excluding hydrogens is 433 g/mol. The first-order valence-electron chi connectivity index (χ1n) is 8.32. The molecule has 0 amide bonds. The van der Waals surface area contributed by atoms with Gasteiger partial charge < -0.3 is 15.4 Å². The summed E-state index contributed by atoms with van der Waals surface area (Å²) >= 11 is 0. The number of hydrogen-bond donors (Lipinski definition) is 2. The van der Waals surface area contributed by atoms with Crippen LogP contribution in [0.15, 0.2) is 16.3 Å². The molecule has 0 atom stereocenters. The number of fused-ring (bicyclic) bond motifs is 1. The molecule has 0 saturated carbocycles. The van der Waals surface area contributed by atoms with Crippen molar-refractivity contribution in [3.05, 3.63) is 28.5 Å². The number of hydrogen-bond acceptors (Lipinski definition) is 8. The minimum absolute atomic E-state index is 0.0402. The van der Waals surface area contributed by atoms with Crippen LogP contribution < -0.4 is 5.73 Å². The van der Waals surface area contributed by atoms with Gasteiger partial charge in [0.25, 0.3) is 10.1 Å². The predicted octanol–water partition coefficient (Wildman–Crippen LogP) is 1.04. The lowest BCUT2D eigenvalue weighted by molar-refractivity contribution is -0.192. The van der Waals surface area contributed by atoms with Gasteiger partial charge in [0, 0.05) is 19.2 Å². The predicted molar refractivity (Wildman–Crippen MR) is 99.7 cm³/mol. The first kappa shape index (κ1) is 25.3. The number of carboxylic acids is 1. The molecule has 1 aliphatic rings. The molecule has 14 heteroatoms. The Kier molecular flexibility index (Phi) is 7.91. The Morgan fingerprint density at radius 3 is 2.30 bits per heavy atom. The summed E-state index contributed by atoms with van der Waals surface area (Å²) in [5.41, 5.74) is 8.19. The number of carbonyl (C=O) groups excluding carboxylic acids is 1. The van der Waals surface area contributed by atoms with E-state index in [9.17, 15) is 26.4 Å². The van der Waals surface area contributed by atoms with E-state index in [0.717, 1.165) is 6.26 Å². The number of halogens is 3. The van der Waals surface area contributed by atoms with Gasteiger partial charge in [0.2, 0.25) is 5.78 Å². The van der Waals surface area contributed by atoms with Crippen molar-refractivity contribution in [3.63, 3.8) is 0 Å². The number of carbonyl (C=O) groups is 2. The van der Waals surface area contributed by atoms with Crippen LogP contribution in [0, 0.1) is 6.92 Å². The zero-order valence-corrected chi connectivity index (χ0v) is 17.4. The average Bonchev–Trinajstić information content (AvgIpc) is 2.92. The molecule has 168 valence electrons. The van der Waals surface area contributed by atoms with E-state index in [1.54, 1.807) is 25.5 Å². The van der Waals surface area contributed by atoms with Gasteiger partial charge in [-0.2, -0.15) is 21.6 Å². The molecule has 0 spiro atoms. The summed E-state index contributed by atoms with van der Waals surface area (Å²) < 4.78 is 60.1. The monoisotopic (exact) mass is 454 g/mol. The summed E-state index contributed by atoms with van der Waals surface area (Å²) in [6, 6.07) is 0. The molecule has 1 heterocycles. The number of ketones is 1. The van der Waals surface area contributed by atoms with E-state index in [2.05, 4.69) is 9.98 Å². The second kappa shape index (κ2) is 9.38. The van der Waals surface area contributed by atoms with E-state index < -0.39 is 22.3 Å². The van der Waals surface area contributed by atoms with Crippen molar-refractivity contribution in [2.45, 2.75) is 33.0 Å². The molecule has 10 nitrogen and oxygen atoms in total. The fraction of sp³-hybridized carbons (Fsp3) is 0.500. The SMILES string of the molecule is CN=C1C(C)=C(N)C(=O)c2c1nc(C)n2CCCOS(C)(=O)=O.O=C(O)C(F)(F)F. The summed E-state index contributed by atoms with van der Waals surface area (Å²) in [5, 5.41) is 7.12. The Morgan fingerprint density at radius 1 is 1.33 bits per heavy atom. The summed E-state index contributed by atoms with van der Waals surface area (Å²) in [6.45, 7) is 3.96. The molecule has 3 N–H and O–H groups in total. The zero-order chi connectivity index (χ0) is 23.4. The van der Waals surface area contributed by atoms with E-state index in [4.69, 9.17) is 19.8 Å². The van der Waals surface area contributed by atoms with Crippen molar-refractivity contribution in [2.75, 3.05) is 19.9 Å². The fourth-order valence-electron chi connectivity index (χ4n) is 2.54. The van der Waals surface area contributed by atoms with Crippen molar-refractivity contribution in [3.8, 4) is 0 Å². The van der Waals surface area contributed by atoms with Crippen LogP contribution in [0.1, 0.15) is 35.4 Å². The van der Waals surface area contributed by atoms with Crippen molar-refractivity contribution in [2.24, 2.45) is 10.7 Å². The number of Topliss-reactive ketones (excluding diaryl/α,β-unsaturated/α-hetero) is 1. The normalized spacial score (nSPS) is 15.7. The van der Waals surface area contributed by atoms with E-state index in [0.29, 0.717) is 41.5 Å². The number of nitrogens with zero attached hydrogens (tertiary/aromatic N) is 3. The molecular formula is C16H21F3N4O6S. The second-order valence-corrected chi connectivity index (χ2v) is 7.77. The number of allylic oxidation sites excluding steroid dienone is 2. The van der Waals surface area contributed by atoms with Crippen LogP contribution in [-0.4, -0.2) is 66.6 Å². The minimum atomic E-state index is -5.08. The second-order valence-electron chi connectivity index (χ2n) is 6.13. The highest BCUT2D eigenvalue weighted by Crippen LogP contribution is 2.25. The lowest BCUT2D eigenvalue weighted by Gasteiger charge is -2.17. The van der Waals surface area contributed by atoms with Gasteiger partial charge in [0.15, 0.2) is 0 Å². The molecule has 0 saturated heterocycles. The highest BCUT2D eigenvalue weighted by atomic mass is 32.2. The number of aromatic nitrogens is 2. The quantitative estimate of drug-likeness (QED) is 0.494. The Bertz CT molecular complexity index is 1010. The molecule has 1 aliphatic carbocycles. The standard InChI is InChI=1S/C14H20N4O4S.C2HF3O2/c1-8-10(15)14(19)13-12(11(8)16-3)17-9(2)18(13)6-5-7-22-23(4,20)21;3-2(4,5)1(6)7/h5-7,15H2,1-4H3;(H,6,7). The maximum Gasteiger partial charge on any atom is 0.490 e. The third-order valence-corrected chi connectivity index (χ3v) is 4.49. The number of aryl methyl sites for hydroxylation is 1. The van der Waals surface area contributed by atoms with Crippen LogP contribution in [0.25, 0.3) is 0 Å². The van der Waals surface area contributed by atoms with Crippen LogP contribution in [0.2, 0.25) is 0 Å². The molecule has 1 aromatic heterocycles. The summed E-state index contributed by atoms with van der Waals surface area (Å²) in [5.74, 6) is -2.40. The van der Waals surface area contributed by atoms with Crippen molar-refractivity contribution < 1.29 is 40.5 Å². The van der Waals surface area contributed by atoms with Gasteiger partial charge in [-0.1, -0.05) is 0 Å². The van der Waals surface area contributed by atoms with Gasteiger partial charge >= 0.3 is 12.1 Å². The first-order valence-corrected chi connectivity index (χ1v) is 10.1. The van der Waals surface area contributed by atoms with Gasteiger partial charge in [-0.25, -0.2) is 9.78 Å². The number of nitrogens with two attached hydrogens (primary N) is 1. The number of aliphatic carboxylic acids is 1. The van der Waals surface area contributed by atoms with Crippen LogP contribution in [0.4, 0.5) is 13.2 Å². The Labute approximate surface area is 170 Å². The van der Waals surface area contributed by atoms with Crippen LogP contribution in [-0.2, 0) is 25.6 Å². The molecule has 30 heavy (non-hydrogen) atoms. The average molecular weight is 454 g/mol. The number of rotatable bonds is 5. The number of imidazole rings is 1. The van der Waals surface area contributed by atoms with Crippen LogP contribution in [0.5, 0.6) is 0 Å².